The molecule has 5 fully saturated rings. The van der Waals surface area contributed by atoms with Crippen LogP contribution in [0.5, 0.6) is 5.75 Å². The SMILES string of the molecule is COc1ccc(C(=O)CNCC(C(=O)NC2CNCC2C(=O)NCC(C(=O)NC2CNCC2C(=O)NC2CCCC2C(=O)NC2CNCC2C(=O)NCC2CCCC2C(N)=O)C(C)C)C(C)C)cc1. The molecule has 3 heterocycles. The van der Waals surface area contributed by atoms with Gasteiger partial charge in [-0.3, -0.25) is 38.4 Å². The summed E-state index contributed by atoms with van der Waals surface area (Å²) < 4.78 is 5.17. The highest BCUT2D eigenvalue weighted by atomic mass is 16.5. The van der Waals surface area contributed by atoms with Crippen molar-refractivity contribution in [1.82, 2.24) is 53.2 Å². The van der Waals surface area contributed by atoms with Gasteiger partial charge in [0.15, 0.2) is 5.78 Å². The fourth-order valence-corrected chi connectivity index (χ4v) is 10.8. The largest absolute Gasteiger partial charge is 0.497 e. The smallest absolute Gasteiger partial charge is 0.226 e. The van der Waals surface area contributed by atoms with E-state index in [1.807, 2.05) is 27.7 Å². The molecule has 1 aromatic carbocycles. The Hall–Kier alpha value is -5.18. The highest BCUT2D eigenvalue weighted by Gasteiger charge is 2.43. The normalized spacial score (nSPS) is 28.4. The van der Waals surface area contributed by atoms with Gasteiger partial charge in [0.1, 0.15) is 5.75 Å². The van der Waals surface area contributed by atoms with Gasteiger partial charge in [-0.25, -0.2) is 0 Å². The van der Waals surface area contributed by atoms with Gasteiger partial charge < -0.3 is 63.6 Å². The van der Waals surface area contributed by atoms with E-state index in [2.05, 4.69) is 53.2 Å². The fraction of sp³-hybridized carbons (Fsp3) is 0.714. The molecular weight excluding hydrogens is 887 g/mol. The third-order valence-electron chi connectivity index (χ3n) is 15.2. The maximum absolute atomic E-state index is 13.9. The van der Waals surface area contributed by atoms with Gasteiger partial charge in [-0.1, -0.05) is 40.5 Å². The lowest BCUT2D eigenvalue weighted by atomic mass is 9.92. The van der Waals surface area contributed by atoms with E-state index < -0.39 is 59.7 Å². The van der Waals surface area contributed by atoms with Crippen LogP contribution in [0.3, 0.4) is 0 Å². The summed E-state index contributed by atoms with van der Waals surface area (Å²) in [6.07, 6.45) is 4.42. The summed E-state index contributed by atoms with van der Waals surface area (Å²) in [5.41, 5.74) is 6.11. The van der Waals surface area contributed by atoms with Gasteiger partial charge in [-0.2, -0.15) is 0 Å². The number of methoxy groups -OCH3 is 1. The Labute approximate surface area is 405 Å². The number of hydrogen-bond acceptors (Lipinski definition) is 13. The number of nitrogens with one attached hydrogen (secondary N) is 10. The molecule has 3 saturated heterocycles. The van der Waals surface area contributed by atoms with Crippen LogP contribution in [-0.2, 0) is 33.6 Å². The lowest BCUT2D eigenvalue weighted by molar-refractivity contribution is -0.131. The van der Waals surface area contributed by atoms with Gasteiger partial charge in [0.05, 0.1) is 67.3 Å². The Bertz CT molecular complexity index is 1990. The third kappa shape index (κ3) is 14.0. The van der Waals surface area contributed by atoms with Crippen molar-refractivity contribution >= 4 is 47.1 Å². The topological polar surface area (TPSA) is 292 Å². The predicted molar refractivity (Wildman–Crippen MR) is 257 cm³/mol. The zero-order valence-corrected chi connectivity index (χ0v) is 41.0. The Morgan fingerprint density at radius 2 is 1.07 bits per heavy atom. The lowest BCUT2D eigenvalue weighted by Crippen LogP contribution is -2.54. The van der Waals surface area contributed by atoms with Crippen molar-refractivity contribution < 1.29 is 43.1 Å². The van der Waals surface area contributed by atoms with E-state index in [4.69, 9.17) is 10.5 Å². The molecule has 69 heavy (non-hydrogen) atoms. The zero-order valence-electron chi connectivity index (χ0n) is 41.0. The molecule has 20 nitrogen and oxygen atoms in total. The van der Waals surface area contributed by atoms with Crippen molar-refractivity contribution in [1.29, 1.82) is 0 Å². The summed E-state index contributed by atoms with van der Waals surface area (Å²) in [7, 11) is 1.56. The van der Waals surface area contributed by atoms with Crippen LogP contribution in [0.2, 0.25) is 0 Å². The number of ether oxygens (including phenoxy) is 1. The Morgan fingerprint density at radius 1 is 0.580 bits per heavy atom. The second kappa shape index (κ2) is 25.1. The maximum atomic E-state index is 13.9. The number of carbonyl (C=O) groups excluding carboxylic acids is 8. The van der Waals surface area contributed by atoms with Crippen LogP contribution in [0, 0.1) is 59.2 Å². The number of rotatable bonds is 23. The highest BCUT2D eigenvalue weighted by molar-refractivity contribution is 5.97. The average Bonchev–Trinajstić information content (AvgIpc) is 4.18. The minimum atomic E-state index is -0.605. The number of ketones is 1. The predicted octanol–water partition coefficient (Wildman–Crippen LogP) is -1.46. The minimum Gasteiger partial charge on any atom is -0.497 e. The second-order valence-electron chi connectivity index (χ2n) is 20.5. The van der Waals surface area contributed by atoms with Crippen LogP contribution in [-0.4, -0.2) is 144 Å². The molecule has 12 unspecified atom stereocenters. The standard InChI is InChI=1S/C49H77N11O9/c1-26(2)33(17-54-25-42(61)28-12-14-30(69-5)15-13-28)47(66)59-40-23-52-19-36(40)45(64)56-21-34(27(3)4)48(67)60-41-24-53-20-37(41)49(68)57-38-11-7-10-32(38)46(65)58-39-22-51-18-35(39)44(63)55-16-29-8-6-9-31(29)43(50)62/h12-15,26-27,29,31-41,51-54H,6-11,16-25H2,1-5H3,(H2,50,62)(H,55,63)(H,56,64)(H,57,68)(H,58,65)(H,59,66)(H,60,67). The van der Waals surface area contributed by atoms with Crippen LogP contribution in [0.25, 0.3) is 0 Å². The minimum absolute atomic E-state index is 0.0122. The van der Waals surface area contributed by atoms with Gasteiger partial charge in [-0.05, 0) is 67.7 Å². The molecule has 7 amide bonds. The first-order valence-electron chi connectivity index (χ1n) is 25.1. The van der Waals surface area contributed by atoms with Crippen molar-refractivity contribution in [2.45, 2.75) is 90.4 Å². The molecule has 0 aromatic heterocycles. The number of carbonyl (C=O) groups is 8. The van der Waals surface area contributed by atoms with Crippen LogP contribution < -0.4 is 63.6 Å². The molecule has 0 spiro atoms. The molecule has 3 aliphatic heterocycles. The Morgan fingerprint density at radius 3 is 1.64 bits per heavy atom. The molecule has 2 aliphatic carbocycles. The van der Waals surface area contributed by atoms with E-state index in [0.717, 1.165) is 25.7 Å². The number of nitrogens with two attached hydrogens (primary N) is 1. The van der Waals surface area contributed by atoms with Crippen molar-refractivity contribution in [2.24, 2.45) is 64.9 Å². The van der Waals surface area contributed by atoms with Gasteiger partial charge >= 0.3 is 0 Å². The third-order valence-corrected chi connectivity index (χ3v) is 15.2. The van der Waals surface area contributed by atoms with E-state index in [1.165, 1.54) is 0 Å². The molecule has 12 N–H and O–H groups in total. The summed E-state index contributed by atoms with van der Waals surface area (Å²) >= 11 is 0. The van der Waals surface area contributed by atoms with Gasteiger partial charge in [-0.15, -0.1) is 0 Å². The van der Waals surface area contributed by atoms with Crippen LogP contribution in [0.4, 0.5) is 0 Å². The zero-order chi connectivity index (χ0) is 49.8. The van der Waals surface area contributed by atoms with Gasteiger partial charge in [0, 0.05) is 76.4 Å². The monoisotopic (exact) mass is 964 g/mol. The van der Waals surface area contributed by atoms with Crippen molar-refractivity contribution in [2.75, 3.05) is 72.6 Å². The number of amides is 7. The van der Waals surface area contributed by atoms with Crippen molar-refractivity contribution in [3.8, 4) is 5.75 Å². The molecule has 382 valence electrons. The molecule has 5 aliphatic rings. The molecule has 20 heteroatoms. The quantitative estimate of drug-likeness (QED) is 0.0561. The number of primary amides is 1. The van der Waals surface area contributed by atoms with E-state index in [1.54, 1.807) is 31.4 Å². The molecule has 0 bridgehead atoms. The fourth-order valence-electron chi connectivity index (χ4n) is 10.8. The summed E-state index contributed by atoms with van der Waals surface area (Å²) in [6.45, 7) is 10.7. The van der Waals surface area contributed by atoms with Crippen molar-refractivity contribution in [3.63, 3.8) is 0 Å². The Balaban J connectivity index is 0.947. The summed E-state index contributed by atoms with van der Waals surface area (Å²) in [4.78, 5) is 107. The van der Waals surface area contributed by atoms with Gasteiger partial charge in [0.25, 0.3) is 0 Å². The average molecular weight is 964 g/mol. The summed E-state index contributed by atoms with van der Waals surface area (Å²) in [6, 6.07) is 5.02. The molecule has 1 aromatic rings. The number of benzene rings is 1. The van der Waals surface area contributed by atoms with E-state index in [0.29, 0.717) is 70.0 Å². The second-order valence-corrected chi connectivity index (χ2v) is 20.5. The Kier molecular flexibility index (Phi) is 19.3. The van der Waals surface area contributed by atoms with E-state index >= 15 is 0 Å². The molecular formula is C49H77N11O9. The van der Waals surface area contributed by atoms with E-state index in [9.17, 15) is 38.4 Å². The van der Waals surface area contributed by atoms with Crippen LogP contribution in [0.1, 0.15) is 76.6 Å². The first kappa shape index (κ1) is 53.2. The first-order chi connectivity index (χ1) is 33.1. The van der Waals surface area contributed by atoms with Crippen LogP contribution >= 0.6 is 0 Å². The van der Waals surface area contributed by atoms with Gasteiger partial charge in [0.2, 0.25) is 41.4 Å². The van der Waals surface area contributed by atoms with E-state index in [-0.39, 0.29) is 90.4 Å². The highest BCUT2D eigenvalue weighted by Crippen LogP contribution is 2.31. The molecule has 0 radical (unpaired) electrons. The van der Waals surface area contributed by atoms with Crippen molar-refractivity contribution in [3.05, 3.63) is 29.8 Å². The molecule has 12 atom stereocenters. The summed E-state index contributed by atoms with van der Waals surface area (Å²) in [5.74, 6) is -4.84. The molecule has 6 rings (SSSR count). The first-order valence-corrected chi connectivity index (χ1v) is 25.1. The molecule has 2 saturated carbocycles. The van der Waals surface area contributed by atoms with Crippen LogP contribution in [0.15, 0.2) is 24.3 Å². The summed E-state index contributed by atoms with van der Waals surface area (Å²) in [5, 5.41) is 31.1. The maximum Gasteiger partial charge on any atom is 0.226 e. The number of Topliss-reactive ketones (excluding diaryl/α,β-unsaturated/α-hetero) is 1. The number of hydrogen-bond donors (Lipinski definition) is 11. The lowest BCUT2D eigenvalue weighted by Gasteiger charge is -2.28.